The second-order valence-corrected chi connectivity index (χ2v) is 10.8. The number of rotatable bonds is 7. The summed E-state index contributed by atoms with van der Waals surface area (Å²) in [4.78, 5) is 26.0. The van der Waals surface area contributed by atoms with Crippen LogP contribution in [-0.2, 0) is 26.0 Å². The first-order valence-electron chi connectivity index (χ1n) is 12.1. The van der Waals surface area contributed by atoms with E-state index < -0.39 is 27.9 Å². The van der Waals surface area contributed by atoms with Crippen molar-refractivity contribution in [3.63, 3.8) is 0 Å². The van der Waals surface area contributed by atoms with Gasteiger partial charge in [0, 0.05) is 6.54 Å². The molecule has 1 aliphatic rings. The minimum atomic E-state index is -4.20. The van der Waals surface area contributed by atoms with Crippen LogP contribution in [0.25, 0.3) is 10.8 Å². The molecule has 4 aromatic rings. The molecule has 0 bridgehead atoms. The fraction of sp³-hybridized carbons (Fsp3) is 0.138. The van der Waals surface area contributed by atoms with Crippen molar-refractivity contribution in [1.82, 2.24) is 5.32 Å². The maximum absolute atomic E-state index is 14.0. The van der Waals surface area contributed by atoms with Gasteiger partial charge in [-0.2, -0.15) is 5.26 Å². The summed E-state index contributed by atoms with van der Waals surface area (Å²) in [5, 5.41) is 16.1. The zero-order valence-corrected chi connectivity index (χ0v) is 21.1. The standard InChI is InChI=1S/C29H24N4O4S/c30-19-21-11-9-20(10-12-21)15-16-31-28(34)18-27-29(35)32-25-7-3-4-8-26(25)33(27)38(36,37)24-14-13-22-5-1-2-6-23(22)17-24/h1-14,17,27H,15-16,18H2,(H,31,34)(H,32,35). The molecule has 9 heteroatoms. The molecule has 1 atom stereocenters. The van der Waals surface area contributed by atoms with Gasteiger partial charge in [-0.1, -0.05) is 54.6 Å². The highest BCUT2D eigenvalue weighted by molar-refractivity contribution is 7.93. The predicted molar refractivity (Wildman–Crippen MR) is 145 cm³/mol. The highest BCUT2D eigenvalue weighted by atomic mass is 32.2. The zero-order valence-electron chi connectivity index (χ0n) is 20.3. The van der Waals surface area contributed by atoms with Crippen LogP contribution < -0.4 is 14.9 Å². The average molecular weight is 525 g/mol. The van der Waals surface area contributed by atoms with Gasteiger partial charge in [0.05, 0.1) is 34.3 Å². The molecular formula is C29H24N4O4S. The van der Waals surface area contributed by atoms with Crippen molar-refractivity contribution in [3.05, 3.63) is 102 Å². The van der Waals surface area contributed by atoms with Crippen LogP contribution in [0.5, 0.6) is 0 Å². The van der Waals surface area contributed by atoms with E-state index in [-0.39, 0.29) is 11.3 Å². The number of nitrogens with zero attached hydrogens (tertiary/aromatic N) is 2. The molecule has 4 aromatic carbocycles. The van der Waals surface area contributed by atoms with E-state index in [2.05, 4.69) is 16.7 Å². The highest BCUT2D eigenvalue weighted by Crippen LogP contribution is 2.37. The summed E-state index contributed by atoms with van der Waals surface area (Å²) in [6.45, 7) is 0.299. The van der Waals surface area contributed by atoms with Crippen molar-refractivity contribution in [2.24, 2.45) is 0 Å². The Labute approximate surface area is 220 Å². The summed E-state index contributed by atoms with van der Waals surface area (Å²) in [6, 6.07) is 26.7. The van der Waals surface area contributed by atoms with Gasteiger partial charge in [0.1, 0.15) is 6.04 Å². The Bertz CT molecular complexity index is 1680. The molecule has 0 saturated heterocycles. The van der Waals surface area contributed by atoms with Gasteiger partial charge in [0.25, 0.3) is 10.0 Å². The van der Waals surface area contributed by atoms with Crippen LogP contribution in [0, 0.1) is 11.3 Å². The van der Waals surface area contributed by atoms with Crippen molar-refractivity contribution in [2.75, 3.05) is 16.2 Å². The lowest BCUT2D eigenvalue weighted by molar-refractivity contribution is -0.125. The van der Waals surface area contributed by atoms with E-state index in [0.717, 1.165) is 20.6 Å². The molecule has 0 aromatic heterocycles. The lowest BCUT2D eigenvalue weighted by Gasteiger charge is -2.36. The first-order chi connectivity index (χ1) is 18.4. The molecule has 1 aliphatic heterocycles. The van der Waals surface area contributed by atoms with Gasteiger partial charge < -0.3 is 10.6 Å². The number of benzene rings is 4. The topological polar surface area (TPSA) is 119 Å². The summed E-state index contributed by atoms with van der Waals surface area (Å²) in [5.41, 5.74) is 2.15. The van der Waals surface area contributed by atoms with Gasteiger partial charge in [-0.25, -0.2) is 8.42 Å². The lowest BCUT2D eigenvalue weighted by atomic mass is 10.1. The number of fused-ring (bicyclic) bond motifs is 2. The number of para-hydroxylation sites is 2. The fourth-order valence-corrected chi connectivity index (χ4v) is 6.18. The Morgan fingerprint density at radius 1 is 0.947 bits per heavy atom. The normalized spacial score (nSPS) is 14.9. The molecule has 8 nitrogen and oxygen atoms in total. The average Bonchev–Trinajstić information content (AvgIpc) is 2.93. The monoisotopic (exact) mass is 524 g/mol. The Balaban J connectivity index is 1.40. The van der Waals surface area contributed by atoms with Crippen LogP contribution in [0.15, 0.2) is 95.9 Å². The lowest BCUT2D eigenvalue weighted by Crippen LogP contribution is -2.52. The molecule has 2 N–H and O–H groups in total. The maximum Gasteiger partial charge on any atom is 0.265 e. The van der Waals surface area contributed by atoms with E-state index in [1.165, 1.54) is 6.07 Å². The Morgan fingerprint density at radius 3 is 2.42 bits per heavy atom. The molecule has 0 aliphatic carbocycles. The first kappa shape index (κ1) is 25.0. The van der Waals surface area contributed by atoms with Crippen molar-refractivity contribution in [1.29, 1.82) is 5.26 Å². The van der Waals surface area contributed by atoms with Crippen molar-refractivity contribution < 1.29 is 18.0 Å². The van der Waals surface area contributed by atoms with Crippen LogP contribution in [0.1, 0.15) is 17.5 Å². The minimum Gasteiger partial charge on any atom is -0.356 e. The van der Waals surface area contributed by atoms with Crippen molar-refractivity contribution >= 4 is 44.0 Å². The Kier molecular flexibility index (Phi) is 6.81. The SMILES string of the molecule is N#Cc1ccc(CCNC(=O)CC2C(=O)Nc3ccccc3N2S(=O)(=O)c2ccc3ccccc3c2)cc1. The number of carbonyl (C=O) groups excluding carboxylic acids is 2. The van der Waals surface area contributed by atoms with Gasteiger partial charge >= 0.3 is 0 Å². The van der Waals surface area contributed by atoms with Crippen LogP contribution in [0.2, 0.25) is 0 Å². The number of nitrogens with one attached hydrogen (secondary N) is 2. The molecular weight excluding hydrogens is 500 g/mol. The zero-order chi connectivity index (χ0) is 26.7. The number of sulfonamides is 1. The third kappa shape index (κ3) is 4.94. The van der Waals surface area contributed by atoms with E-state index in [4.69, 9.17) is 5.26 Å². The molecule has 5 rings (SSSR count). The molecule has 0 spiro atoms. The molecule has 0 radical (unpaired) electrons. The van der Waals surface area contributed by atoms with Crippen molar-refractivity contribution in [2.45, 2.75) is 23.8 Å². The summed E-state index contributed by atoms with van der Waals surface area (Å²) in [7, 11) is -4.20. The van der Waals surface area contributed by atoms with Gasteiger partial charge in [0.2, 0.25) is 11.8 Å². The number of hydrogen-bond donors (Lipinski definition) is 2. The Morgan fingerprint density at radius 2 is 1.66 bits per heavy atom. The van der Waals surface area contributed by atoms with Crippen LogP contribution >= 0.6 is 0 Å². The molecule has 0 saturated carbocycles. The minimum absolute atomic E-state index is 0.0342. The third-order valence-corrected chi connectivity index (χ3v) is 8.28. The summed E-state index contributed by atoms with van der Waals surface area (Å²) >= 11 is 0. The van der Waals surface area contributed by atoms with Gasteiger partial charge in [-0.15, -0.1) is 0 Å². The number of anilines is 2. The number of hydrogen-bond acceptors (Lipinski definition) is 5. The number of nitriles is 1. The van der Waals surface area contributed by atoms with Crippen molar-refractivity contribution in [3.8, 4) is 6.07 Å². The molecule has 1 heterocycles. The second-order valence-electron chi connectivity index (χ2n) is 8.94. The molecule has 2 amide bonds. The van der Waals surface area contributed by atoms with Crippen LogP contribution in [0.3, 0.4) is 0 Å². The molecule has 0 fully saturated rings. The molecule has 190 valence electrons. The van der Waals surface area contributed by atoms with E-state index in [0.29, 0.717) is 29.9 Å². The smallest absolute Gasteiger partial charge is 0.265 e. The Hall–Kier alpha value is -4.68. The summed E-state index contributed by atoms with van der Waals surface area (Å²) in [5.74, 6) is -1.02. The maximum atomic E-state index is 14.0. The summed E-state index contributed by atoms with van der Waals surface area (Å²) < 4.78 is 29.0. The first-order valence-corrected chi connectivity index (χ1v) is 13.5. The summed E-state index contributed by atoms with van der Waals surface area (Å²) in [6.07, 6.45) is 0.177. The second kappa shape index (κ2) is 10.4. The number of amides is 2. The predicted octanol–water partition coefficient (Wildman–Crippen LogP) is 3.98. The van der Waals surface area contributed by atoms with E-state index >= 15 is 0 Å². The van der Waals surface area contributed by atoms with E-state index in [1.54, 1.807) is 48.5 Å². The quantitative estimate of drug-likeness (QED) is 0.379. The molecule has 38 heavy (non-hydrogen) atoms. The van der Waals surface area contributed by atoms with Gasteiger partial charge in [-0.05, 0) is 59.2 Å². The fourth-order valence-electron chi connectivity index (χ4n) is 4.52. The van der Waals surface area contributed by atoms with Crippen LogP contribution in [0.4, 0.5) is 11.4 Å². The van der Waals surface area contributed by atoms with E-state index in [9.17, 15) is 18.0 Å². The van der Waals surface area contributed by atoms with E-state index in [1.807, 2.05) is 36.4 Å². The molecule has 1 unspecified atom stereocenters. The third-order valence-electron chi connectivity index (χ3n) is 6.46. The number of carbonyl (C=O) groups is 2. The van der Waals surface area contributed by atoms with Gasteiger partial charge in [0.15, 0.2) is 0 Å². The highest BCUT2D eigenvalue weighted by Gasteiger charge is 2.42. The largest absolute Gasteiger partial charge is 0.356 e. The van der Waals surface area contributed by atoms with Gasteiger partial charge in [-0.3, -0.25) is 13.9 Å². The van der Waals surface area contributed by atoms with Crippen LogP contribution in [-0.4, -0.2) is 32.8 Å².